The number of hydrogen-bond donors (Lipinski definition) is 2. The van der Waals surface area contributed by atoms with Crippen molar-refractivity contribution in [3.8, 4) is 5.75 Å². The minimum absolute atomic E-state index is 0.0413. The lowest BCUT2D eigenvalue weighted by Gasteiger charge is -2.16. The van der Waals surface area contributed by atoms with Crippen LogP contribution < -0.4 is 10.1 Å². The van der Waals surface area contributed by atoms with Crippen molar-refractivity contribution in [2.75, 3.05) is 13.2 Å². The molecule has 0 spiro atoms. The highest BCUT2D eigenvalue weighted by atomic mass is 16.5. The van der Waals surface area contributed by atoms with E-state index >= 15 is 0 Å². The van der Waals surface area contributed by atoms with Crippen molar-refractivity contribution in [3.05, 3.63) is 29.8 Å². The summed E-state index contributed by atoms with van der Waals surface area (Å²) in [7, 11) is 0. The Balaban J connectivity index is 2.50. The van der Waals surface area contributed by atoms with Gasteiger partial charge in [0.25, 0.3) is 0 Å². The second-order valence-electron chi connectivity index (χ2n) is 4.58. The van der Waals surface area contributed by atoms with Gasteiger partial charge < -0.3 is 15.2 Å². The molecule has 0 saturated carbocycles. The normalized spacial score (nSPS) is 12.5. The van der Waals surface area contributed by atoms with Crippen molar-refractivity contribution in [1.29, 1.82) is 0 Å². The molecule has 4 heteroatoms. The van der Waals surface area contributed by atoms with Crippen molar-refractivity contribution in [2.24, 2.45) is 0 Å². The zero-order valence-electron chi connectivity index (χ0n) is 11.1. The van der Waals surface area contributed by atoms with Gasteiger partial charge in [-0.15, -0.1) is 0 Å². The van der Waals surface area contributed by atoms with E-state index in [1.54, 1.807) is 24.3 Å². The number of hydrogen-bond acceptors (Lipinski definition) is 4. The second kappa shape index (κ2) is 7.13. The lowest BCUT2D eigenvalue weighted by Crippen LogP contribution is -2.35. The van der Waals surface area contributed by atoms with Gasteiger partial charge in [0.05, 0.1) is 5.56 Å². The van der Waals surface area contributed by atoms with E-state index in [9.17, 15) is 9.90 Å². The van der Waals surface area contributed by atoms with Crippen LogP contribution in [-0.4, -0.2) is 36.2 Å². The first-order chi connectivity index (χ1) is 8.50. The van der Waals surface area contributed by atoms with Crippen molar-refractivity contribution in [1.82, 2.24) is 5.32 Å². The summed E-state index contributed by atoms with van der Waals surface area (Å²) in [5.74, 6) is 0.481. The molecule has 0 radical (unpaired) electrons. The monoisotopic (exact) mass is 251 g/mol. The van der Waals surface area contributed by atoms with E-state index in [0.29, 0.717) is 23.9 Å². The van der Waals surface area contributed by atoms with Gasteiger partial charge in [0.1, 0.15) is 18.5 Å². The molecule has 0 aliphatic rings. The second-order valence-corrected chi connectivity index (χ2v) is 4.58. The number of ether oxygens (including phenoxy) is 1. The molecule has 1 atom stereocenters. The van der Waals surface area contributed by atoms with Crippen LogP contribution in [0.5, 0.6) is 5.75 Å². The van der Waals surface area contributed by atoms with E-state index in [1.165, 1.54) is 6.92 Å². The fourth-order valence-corrected chi connectivity index (χ4v) is 1.50. The van der Waals surface area contributed by atoms with E-state index in [-0.39, 0.29) is 12.4 Å². The Hall–Kier alpha value is -1.39. The number of nitrogens with one attached hydrogen (secondary N) is 1. The summed E-state index contributed by atoms with van der Waals surface area (Å²) >= 11 is 0. The summed E-state index contributed by atoms with van der Waals surface area (Å²) in [6, 6.07) is 7.38. The standard InChI is InChI=1S/C14H21NO3/c1-10(2)15-8-12(17)9-18-14-7-5-4-6-13(14)11(3)16/h4-7,10,12,15,17H,8-9H2,1-3H3. The molecule has 0 aliphatic carbocycles. The number of aliphatic hydroxyl groups is 1. The molecule has 0 aromatic heterocycles. The summed E-state index contributed by atoms with van der Waals surface area (Å²) in [5, 5.41) is 12.8. The van der Waals surface area contributed by atoms with Gasteiger partial charge >= 0.3 is 0 Å². The molecular formula is C14H21NO3. The maximum absolute atomic E-state index is 11.4. The molecule has 100 valence electrons. The first-order valence-electron chi connectivity index (χ1n) is 6.15. The van der Waals surface area contributed by atoms with E-state index in [4.69, 9.17) is 4.74 Å². The number of rotatable bonds is 7. The van der Waals surface area contributed by atoms with Crippen LogP contribution in [0.1, 0.15) is 31.1 Å². The Bertz CT molecular complexity index is 390. The molecule has 4 nitrogen and oxygen atoms in total. The SMILES string of the molecule is CC(=O)c1ccccc1OCC(O)CNC(C)C. The first kappa shape index (κ1) is 14.7. The van der Waals surface area contributed by atoms with Gasteiger partial charge in [0, 0.05) is 12.6 Å². The Morgan fingerprint density at radius 3 is 2.67 bits per heavy atom. The van der Waals surface area contributed by atoms with Gasteiger partial charge in [-0.3, -0.25) is 4.79 Å². The molecule has 0 aliphatic heterocycles. The maximum atomic E-state index is 11.4. The third-order valence-corrected chi connectivity index (χ3v) is 2.46. The van der Waals surface area contributed by atoms with Gasteiger partial charge in [-0.2, -0.15) is 0 Å². The van der Waals surface area contributed by atoms with Gasteiger partial charge in [0.2, 0.25) is 0 Å². The van der Waals surface area contributed by atoms with Crippen LogP contribution in [0, 0.1) is 0 Å². The number of Topliss-reactive ketones (excluding diaryl/α,β-unsaturated/α-hetero) is 1. The highest BCUT2D eigenvalue weighted by molar-refractivity contribution is 5.96. The Morgan fingerprint density at radius 2 is 2.06 bits per heavy atom. The number of carbonyl (C=O) groups excluding carboxylic acids is 1. The molecule has 0 bridgehead atoms. The Kier molecular flexibility index (Phi) is 5.82. The topological polar surface area (TPSA) is 58.6 Å². The van der Waals surface area contributed by atoms with Crippen LogP contribution in [0.3, 0.4) is 0 Å². The summed E-state index contributed by atoms with van der Waals surface area (Å²) in [6.45, 7) is 6.17. The Labute approximate surface area is 108 Å². The maximum Gasteiger partial charge on any atom is 0.163 e. The largest absolute Gasteiger partial charge is 0.490 e. The smallest absolute Gasteiger partial charge is 0.163 e. The molecule has 0 saturated heterocycles. The highest BCUT2D eigenvalue weighted by Crippen LogP contribution is 2.18. The minimum Gasteiger partial charge on any atom is -0.490 e. The number of benzene rings is 1. The van der Waals surface area contributed by atoms with Crippen LogP contribution >= 0.6 is 0 Å². The van der Waals surface area contributed by atoms with Crippen LogP contribution in [0.25, 0.3) is 0 Å². The van der Waals surface area contributed by atoms with Gasteiger partial charge in [0.15, 0.2) is 5.78 Å². The third kappa shape index (κ3) is 4.85. The third-order valence-electron chi connectivity index (χ3n) is 2.46. The first-order valence-corrected chi connectivity index (χ1v) is 6.15. The van der Waals surface area contributed by atoms with Crippen molar-refractivity contribution < 1.29 is 14.6 Å². The molecule has 1 aromatic carbocycles. The number of carbonyl (C=O) groups is 1. The molecule has 0 amide bonds. The molecule has 1 aromatic rings. The number of aliphatic hydroxyl groups excluding tert-OH is 1. The van der Waals surface area contributed by atoms with Gasteiger partial charge in [-0.1, -0.05) is 26.0 Å². The highest BCUT2D eigenvalue weighted by Gasteiger charge is 2.10. The predicted molar refractivity (Wildman–Crippen MR) is 71.1 cm³/mol. The van der Waals surface area contributed by atoms with Gasteiger partial charge in [-0.25, -0.2) is 0 Å². The molecular weight excluding hydrogens is 230 g/mol. The van der Waals surface area contributed by atoms with E-state index in [1.807, 2.05) is 13.8 Å². The fourth-order valence-electron chi connectivity index (χ4n) is 1.50. The lowest BCUT2D eigenvalue weighted by molar-refractivity contribution is 0.0968. The van der Waals surface area contributed by atoms with Crippen molar-refractivity contribution in [2.45, 2.75) is 32.9 Å². The quantitative estimate of drug-likeness (QED) is 0.723. The van der Waals surface area contributed by atoms with Crippen LogP contribution in [0.4, 0.5) is 0 Å². The van der Waals surface area contributed by atoms with Gasteiger partial charge in [-0.05, 0) is 19.1 Å². The summed E-state index contributed by atoms with van der Waals surface area (Å²) in [5.41, 5.74) is 0.543. The van der Waals surface area contributed by atoms with E-state index in [2.05, 4.69) is 5.32 Å². The zero-order valence-corrected chi connectivity index (χ0v) is 11.1. The molecule has 0 fully saturated rings. The number of para-hydroxylation sites is 1. The minimum atomic E-state index is -0.590. The van der Waals surface area contributed by atoms with Crippen LogP contribution in [-0.2, 0) is 0 Å². The summed E-state index contributed by atoms with van der Waals surface area (Å²) in [4.78, 5) is 11.4. The van der Waals surface area contributed by atoms with Crippen LogP contribution in [0.2, 0.25) is 0 Å². The predicted octanol–water partition coefficient (Wildman–Crippen LogP) is 1.63. The van der Waals surface area contributed by atoms with E-state index in [0.717, 1.165) is 0 Å². The number of ketones is 1. The molecule has 1 unspecified atom stereocenters. The average molecular weight is 251 g/mol. The van der Waals surface area contributed by atoms with Crippen LogP contribution in [0.15, 0.2) is 24.3 Å². The fraction of sp³-hybridized carbons (Fsp3) is 0.500. The molecule has 18 heavy (non-hydrogen) atoms. The average Bonchev–Trinajstić information content (AvgIpc) is 2.34. The lowest BCUT2D eigenvalue weighted by atomic mass is 10.1. The van der Waals surface area contributed by atoms with Crippen molar-refractivity contribution >= 4 is 5.78 Å². The summed E-state index contributed by atoms with van der Waals surface area (Å²) in [6.07, 6.45) is -0.590. The summed E-state index contributed by atoms with van der Waals surface area (Å²) < 4.78 is 5.48. The van der Waals surface area contributed by atoms with E-state index < -0.39 is 6.10 Å². The molecule has 2 N–H and O–H groups in total. The molecule has 0 heterocycles. The zero-order chi connectivity index (χ0) is 13.5. The van der Waals surface area contributed by atoms with Crippen molar-refractivity contribution in [3.63, 3.8) is 0 Å². The Morgan fingerprint density at radius 1 is 1.39 bits per heavy atom. The molecule has 1 rings (SSSR count).